The minimum Gasteiger partial charge on any atom is -0.398 e. The Kier molecular flexibility index (Phi) is 3.25. The molecule has 0 fully saturated rings. The molecule has 2 rings (SSSR count). The third kappa shape index (κ3) is 2.25. The van der Waals surface area contributed by atoms with Crippen LogP contribution in [0.2, 0.25) is 0 Å². The van der Waals surface area contributed by atoms with Gasteiger partial charge < -0.3 is 11.5 Å². The van der Waals surface area contributed by atoms with Crippen LogP contribution in [0.25, 0.3) is 5.57 Å². The number of benzene rings is 1. The van der Waals surface area contributed by atoms with Gasteiger partial charge in [0.1, 0.15) is 5.82 Å². The molecule has 1 aliphatic carbocycles. The van der Waals surface area contributed by atoms with Gasteiger partial charge in [0, 0.05) is 11.3 Å². The number of allylic oxidation sites excluding steroid dienone is 2. The minimum absolute atomic E-state index is 0.231. The van der Waals surface area contributed by atoms with E-state index in [9.17, 15) is 4.39 Å². The lowest BCUT2D eigenvalue weighted by molar-refractivity contribution is 0.497. The maximum absolute atomic E-state index is 13.1. The zero-order chi connectivity index (χ0) is 11.5. The summed E-state index contributed by atoms with van der Waals surface area (Å²) in [6.45, 7) is 0.725. The van der Waals surface area contributed by atoms with Gasteiger partial charge in [-0.15, -0.1) is 0 Å². The first-order chi connectivity index (χ1) is 7.70. The molecule has 0 bridgehead atoms. The van der Waals surface area contributed by atoms with E-state index in [-0.39, 0.29) is 5.82 Å². The van der Waals surface area contributed by atoms with E-state index in [1.807, 2.05) is 0 Å². The molecule has 1 aromatic carbocycles. The highest BCUT2D eigenvalue weighted by atomic mass is 19.1. The highest BCUT2D eigenvalue weighted by molar-refractivity contribution is 5.75. The van der Waals surface area contributed by atoms with Gasteiger partial charge >= 0.3 is 0 Å². The predicted octanol–water partition coefficient (Wildman–Crippen LogP) is 2.55. The first-order valence-electron chi connectivity index (χ1n) is 5.65. The molecule has 0 spiro atoms. The highest BCUT2D eigenvalue weighted by Gasteiger charge is 2.15. The Morgan fingerprint density at radius 3 is 2.81 bits per heavy atom. The van der Waals surface area contributed by atoms with Crippen molar-refractivity contribution in [3.63, 3.8) is 0 Å². The van der Waals surface area contributed by atoms with Crippen LogP contribution in [0.3, 0.4) is 0 Å². The minimum atomic E-state index is -0.231. The Balaban J connectivity index is 2.25. The largest absolute Gasteiger partial charge is 0.398 e. The quantitative estimate of drug-likeness (QED) is 0.752. The van der Waals surface area contributed by atoms with Crippen LogP contribution < -0.4 is 11.5 Å². The number of hydrogen-bond donors (Lipinski definition) is 2. The normalized spacial score (nSPS) is 20.6. The van der Waals surface area contributed by atoms with Crippen molar-refractivity contribution in [2.45, 2.75) is 19.3 Å². The molecule has 0 amide bonds. The molecule has 16 heavy (non-hydrogen) atoms. The molecule has 1 atom stereocenters. The van der Waals surface area contributed by atoms with Crippen molar-refractivity contribution in [2.24, 2.45) is 11.7 Å². The molecule has 1 aliphatic rings. The van der Waals surface area contributed by atoms with Crippen LogP contribution >= 0.6 is 0 Å². The molecule has 86 valence electrons. The number of halogens is 1. The highest BCUT2D eigenvalue weighted by Crippen LogP contribution is 2.32. The molecule has 4 N–H and O–H groups in total. The maximum Gasteiger partial charge on any atom is 0.123 e. The van der Waals surface area contributed by atoms with Crippen LogP contribution in [-0.4, -0.2) is 6.54 Å². The summed E-state index contributed by atoms with van der Waals surface area (Å²) >= 11 is 0. The summed E-state index contributed by atoms with van der Waals surface area (Å²) in [5, 5.41) is 0. The Bertz CT molecular complexity index is 412. The van der Waals surface area contributed by atoms with Gasteiger partial charge in [0.25, 0.3) is 0 Å². The third-order valence-corrected chi connectivity index (χ3v) is 3.21. The van der Waals surface area contributed by atoms with Crippen LogP contribution in [0.5, 0.6) is 0 Å². The molecule has 0 saturated heterocycles. The van der Waals surface area contributed by atoms with E-state index >= 15 is 0 Å². The van der Waals surface area contributed by atoms with Crippen molar-refractivity contribution in [3.05, 3.63) is 35.7 Å². The summed E-state index contributed by atoms with van der Waals surface area (Å²) in [4.78, 5) is 0. The summed E-state index contributed by atoms with van der Waals surface area (Å²) in [5.41, 5.74) is 14.1. The fourth-order valence-corrected chi connectivity index (χ4v) is 2.15. The predicted molar refractivity (Wildman–Crippen MR) is 65.2 cm³/mol. The topological polar surface area (TPSA) is 52.0 Å². The lowest BCUT2D eigenvalue weighted by atomic mass is 9.86. The Hall–Kier alpha value is -1.35. The van der Waals surface area contributed by atoms with Crippen molar-refractivity contribution < 1.29 is 4.39 Å². The van der Waals surface area contributed by atoms with E-state index in [2.05, 4.69) is 6.08 Å². The molecular weight excluding hydrogens is 203 g/mol. The van der Waals surface area contributed by atoms with E-state index in [1.165, 1.54) is 12.1 Å². The van der Waals surface area contributed by atoms with Gasteiger partial charge in [-0.1, -0.05) is 6.08 Å². The average Bonchev–Trinajstić information content (AvgIpc) is 2.32. The summed E-state index contributed by atoms with van der Waals surface area (Å²) in [6.07, 6.45) is 5.13. The van der Waals surface area contributed by atoms with Crippen molar-refractivity contribution in [3.8, 4) is 0 Å². The van der Waals surface area contributed by atoms with Crippen molar-refractivity contribution in [1.29, 1.82) is 0 Å². The second-order valence-corrected chi connectivity index (χ2v) is 4.34. The van der Waals surface area contributed by atoms with E-state index in [1.54, 1.807) is 6.07 Å². The lowest BCUT2D eigenvalue weighted by Crippen LogP contribution is -2.16. The molecule has 2 nitrogen and oxygen atoms in total. The number of anilines is 1. The third-order valence-electron chi connectivity index (χ3n) is 3.21. The number of hydrogen-bond acceptors (Lipinski definition) is 2. The summed E-state index contributed by atoms with van der Waals surface area (Å²) in [7, 11) is 0. The van der Waals surface area contributed by atoms with Crippen LogP contribution in [-0.2, 0) is 0 Å². The first kappa shape index (κ1) is 11.1. The molecule has 0 heterocycles. The zero-order valence-corrected chi connectivity index (χ0v) is 9.25. The van der Waals surface area contributed by atoms with Crippen molar-refractivity contribution in [2.75, 3.05) is 12.3 Å². The summed E-state index contributed by atoms with van der Waals surface area (Å²) in [6, 6.07) is 4.54. The van der Waals surface area contributed by atoms with Crippen LogP contribution in [0, 0.1) is 11.7 Å². The van der Waals surface area contributed by atoms with E-state index < -0.39 is 0 Å². The Morgan fingerprint density at radius 1 is 1.38 bits per heavy atom. The van der Waals surface area contributed by atoms with Gasteiger partial charge in [-0.25, -0.2) is 4.39 Å². The Labute approximate surface area is 95.1 Å². The molecule has 0 aliphatic heterocycles. The van der Waals surface area contributed by atoms with Gasteiger partial charge in [0.05, 0.1) is 0 Å². The summed E-state index contributed by atoms with van der Waals surface area (Å²) < 4.78 is 13.1. The molecule has 0 saturated carbocycles. The van der Waals surface area contributed by atoms with Crippen LogP contribution in [0.15, 0.2) is 24.3 Å². The molecule has 1 unspecified atom stereocenters. The Morgan fingerprint density at radius 2 is 2.19 bits per heavy atom. The SMILES string of the molecule is NCC1CC=C(c2cc(F)ccc2N)CC1. The van der Waals surface area contributed by atoms with Gasteiger partial charge in [-0.05, 0) is 55.5 Å². The molecule has 0 radical (unpaired) electrons. The molecule has 3 heteroatoms. The zero-order valence-electron chi connectivity index (χ0n) is 9.25. The average molecular weight is 220 g/mol. The fraction of sp³-hybridized carbons (Fsp3) is 0.385. The first-order valence-corrected chi connectivity index (χ1v) is 5.65. The smallest absolute Gasteiger partial charge is 0.123 e. The van der Waals surface area contributed by atoms with E-state index in [4.69, 9.17) is 11.5 Å². The number of nitrogens with two attached hydrogens (primary N) is 2. The second-order valence-electron chi connectivity index (χ2n) is 4.34. The number of nitrogen functional groups attached to an aromatic ring is 1. The van der Waals surface area contributed by atoms with Crippen molar-refractivity contribution >= 4 is 11.3 Å². The van der Waals surface area contributed by atoms with Crippen LogP contribution in [0.4, 0.5) is 10.1 Å². The van der Waals surface area contributed by atoms with Gasteiger partial charge in [-0.3, -0.25) is 0 Å². The number of rotatable bonds is 2. The van der Waals surface area contributed by atoms with Gasteiger partial charge in [-0.2, -0.15) is 0 Å². The molecule has 1 aromatic rings. The maximum atomic E-state index is 13.1. The monoisotopic (exact) mass is 220 g/mol. The summed E-state index contributed by atoms with van der Waals surface area (Å²) in [5.74, 6) is 0.338. The van der Waals surface area contributed by atoms with E-state index in [0.717, 1.165) is 36.9 Å². The fourth-order valence-electron chi connectivity index (χ4n) is 2.15. The molecule has 0 aromatic heterocycles. The standard InChI is InChI=1S/C13H17FN2/c14-11-5-6-13(16)12(7-11)10-3-1-9(8-15)2-4-10/h3,5-7,9H,1-2,4,8,15-16H2. The lowest BCUT2D eigenvalue weighted by Gasteiger charge is -2.21. The van der Waals surface area contributed by atoms with Crippen molar-refractivity contribution in [1.82, 2.24) is 0 Å². The van der Waals surface area contributed by atoms with Gasteiger partial charge in [0.2, 0.25) is 0 Å². The van der Waals surface area contributed by atoms with E-state index in [0.29, 0.717) is 11.6 Å². The van der Waals surface area contributed by atoms with Crippen LogP contribution in [0.1, 0.15) is 24.8 Å². The van der Waals surface area contributed by atoms with Gasteiger partial charge in [0.15, 0.2) is 0 Å². The molecular formula is C13H17FN2. The second kappa shape index (κ2) is 4.66.